The van der Waals surface area contributed by atoms with E-state index in [1.54, 1.807) is 37.7 Å². The number of ether oxygens (including phenoxy) is 1. The normalized spacial score (nSPS) is 10.3. The molecular weight excluding hydrogens is 248 g/mol. The lowest BCUT2D eigenvalue weighted by atomic mass is 10.2. The molecule has 19 heavy (non-hydrogen) atoms. The topological polar surface area (TPSA) is 87.4 Å². The molecule has 1 heterocycles. The molecule has 0 radical (unpaired) electrons. The molecule has 102 valence electrons. The summed E-state index contributed by atoms with van der Waals surface area (Å²) in [7, 11) is 0. The van der Waals surface area contributed by atoms with Crippen molar-refractivity contribution in [3.63, 3.8) is 0 Å². The zero-order chi connectivity index (χ0) is 14.3. The van der Waals surface area contributed by atoms with Crippen LogP contribution in [0.25, 0.3) is 0 Å². The molecule has 1 rings (SSSR count). The highest BCUT2D eigenvalue weighted by Crippen LogP contribution is 2.05. The Morgan fingerprint density at radius 1 is 1.53 bits per heavy atom. The van der Waals surface area contributed by atoms with Crippen LogP contribution in [0.3, 0.4) is 0 Å². The summed E-state index contributed by atoms with van der Waals surface area (Å²) < 4.78 is 6.65. The monoisotopic (exact) mass is 265 g/mol. The number of hydrogen-bond donors (Lipinski definition) is 2. The number of alkyl carbamates (subject to hydrolysis) is 1. The zero-order valence-electron chi connectivity index (χ0n) is 11.2. The summed E-state index contributed by atoms with van der Waals surface area (Å²) >= 11 is 0. The number of carbonyl (C=O) groups is 1. The smallest absolute Gasteiger partial charge is 0.408 e. The van der Waals surface area contributed by atoms with Crippen molar-refractivity contribution in [1.29, 1.82) is 0 Å². The summed E-state index contributed by atoms with van der Waals surface area (Å²) in [5.41, 5.74) is -0.518. The maximum Gasteiger partial charge on any atom is 0.408 e. The Bertz CT molecular complexity index is 505. The Morgan fingerprint density at radius 2 is 2.26 bits per heavy atom. The molecule has 2 N–H and O–H groups in total. The van der Waals surface area contributed by atoms with E-state index in [2.05, 4.69) is 27.4 Å². The molecular formula is C12H17N4O3+. The Labute approximate surface area is 111 Å². The van der Waals surface area contributed by atoms with E-state index in [-0.39, 0.29) is 12.4 Å². The second kappa shape index (κ2) is 6.54. The largest absolute Gasteiger partial charge is 0.444 e. The van der Waals surface area contributed by atoms with Gasteiger partial charge in [-0.3, -0.25) is 0 Å². The van der Waals surface area contributed by atoms with Gasteiger partial charge in [0.2, 0.25) is 12.4 Å². The molecule has 0 bridgehead atoms. The lowest BCUT2D eigenvalue weighted by Crippen LogP contribution is -2.34. The fourth-order valence-corrected chi connectivity index (χ4v) is 1.16. The van der Waals surface area contributed by atoms with Crippen molar-refractivity contribution < 1.29 is 14.2 Å². The number of amides is 1. The van der Waals surface area contributed by atoms with Crippen LogP contribution in [-0.2, 0) is 11.3 Å². The Hall–Kier alpha value is -2.36. The van der Waals surface area contributed by atoms with Crippen molar-refractivity contribution in [2.45, 2.75) is 32.9 Å². The molecule has 0 aliphatic rings. The van der Waals surface area contributed by atoms with Crippen molar-refractivity contribution in [3.05, 3.63) is 17.2 Å². The van der Waals surface area contributed by atoms with E-state index in [4.69, 9.17) is 4.74 Å². The standard InChI is InChI=1S/C12H16N4O3/c1-12(2,3)19-11(17)13-7-4-5-8-16-9-6-10(14-16)15-18/h6,9H,7-8H2,1-3H3,(H,13,17)/p+1. The third kappa shape index (κ3) is 6.21. The lowest BCUT2D eigenvalue weighted by molar-refractivity contribution is -0.738. The molecule has 7 nitrogen and oxygen atoms in total. The molecule has 0 unspecified atom stereocenters. The number of aromatic amines is 1. The number of aromatic nitrogens is 2. The van der Waals surface area contributed by atoms with E-state index in [9.17, 15) is 9.70 Å². The van der Waals surface area contributed by atoms with Gasteiger partial charge in [-0.2, -0.15) is 0 Å². The summed E-state index contributed by atoms with van der Waals surface area (Å²) in [6.45, 7) is 5.96. The van der Waals surface area contributed by atoms with Crippen LogP contribution in [0.2, 0.25) is 0 Å². The van der Waals surface area contributed by atoms with Gasteiger partial charge in [-0.05, 0) is 31.9 Å². The second-order valence-electron chi connectivity index (χ2n) is 4.74. The van der Waals surface area contributed by atoms with E-state index in [1.165, 1.54) is 0 Å². The van der Waals surface area contributed by atoms with Crippen molar-refractivity contribution in [1.82, 2.24) is 10.4 Å². The van der Waals surface area contributed by atoms with Gasteiger partial charge >= 0.3 is 6.09 Å². The molecule has 1 aromatic rings. The first kappa shape index (κ1) is 14.7. The number of nitrogens with one attached hydrogen (secondary N) is 2. The first-order chi connectivity index (χ1) is 8.90. The fraction of sp³-hybridized carbons (Fsp3) is 0.500. The minimum absolute atomic E-state index is 0.203. The van der Waals surface area contributed by atoms with Gasteiger partial charge in [-0.15, -0.1) is 14.7 Å². The van der Waals surface area contributed by atoms with Gasteiger partial charge in [0.25, 0.3) is 0 Å². The van der Waals surface area contributed by atoms with Crippen LogP contribution >= 0.6 is 0 Å². The maximum absolute atomic E-state index is 11.3. The Balaban J connectivity index is 2.28. The number of nitroso groups, excluding NO2 is 1. The molecule has 1 aromatic heterocycles. The maximum atomic E-state index is 11.3. The van der Waals surface area contributed by atoms with Gasteiger partial charge in [0.1, 0.15) is 5.60 Å². The van der Waals surface area contributed by atoms with Crippen molar-refractivity contribution in [2.75, 3.05) is 6.54 Å². The van der Waals surface area contributed by atoms with Gasteiger partial charge < -0.3 is 10.1 Å². The number of H-pyrrole nitrogens is 1. The molecule has 0 saturated heterocycles. The molecule has 1 amide bonds. The highest BCUT2D eigenvalue weighted by atomic mass is 16.6. The lowest BCUT2D eigenvalue weighted by Gasteiger charge is -2.18. The molecule has 0 saturated carbocycles. The number of rotatable bonds is 3. The van der Waals surface area contributed by atoms with E-state index in [1.807, 2.05) is 0 Å². The fourth-order valence-electron chi connectivity index (χ4n) is 1.16. The Morgan fingerprint density at radius 3 is 2.84 bits per heavy atom. The van der Waals surface area contributed by atoms with Gasteiger partial charge in [0.05, 0.1) is 12.6 Å². The summed E-state index contributed by atoms with van der Waals surface area (Å²) in [4.78, 5) is 21.5. The first-order valence-electron chi connectivity index (χ1n) is 5.75. The summed E-state index contributed by atoms with van der Waals surface area (Å²) in [5.74, 6) is 5.84. The summed E-state index contributed by atoms with van der Waals surface area (Å²) in [6, 6.07) is 1.55. The van der Waals surface area contributed by atoms with Crippen LogP contribution in [0, 0.1) is 16.7 Å². The van der Waals surface area contributed by atoms with Crippen LogP contribution in [0.5, 0.6) is 0 Å². The SMILES string of the molecule is CC(C)(C)OC(=O)NCC#CC[n+]1ccc(N=O)[nH]1. The average Bonchev–Trinajstić information content (AvgIpc) is 2.74. The molecule has 0 aliphatic heterocycles. The number of hydrogen-bond acceptors (Lipinski definition) is 4. The highest BCUT2D eigenvalue weighted by Gasteiger charge is 2.14. The van der Waals surface area contributed by atoms with Gasteiger partial charge in [0, 0.05) is 0 Å². The van der Waals surface area contributed by atoms with Gasteiger partial charge in [-0.25, -0.2) is 4.79 Å². The molecule has 0 spiro atoms. The van der Waals surface area contributed by atoms with E-state index in [0.717, 1.165) is 0 Å². The Kier molecular flexibility index (Phi) is 5.06. The third-order valence-electron chi connectivity index (χ3n) is 1.86. The van der Waals surface area contributed by atoms with Crippen LogP contribution < -0.4 is 10.00 Å². The van der Waals surface area contributed by atoms with Crippen LogP contribution in [0.4, 0.5) is 10.6 Å². The predicted octanol–water partition coefficient (Wildman–Crippen LogP) is 1.23. The summed E-state index contributed by atoms with van der Waals surface area (Å²) in [5, 5.41) is 7.98. The molecule has 7 heteroatoms. The number of nitrogens with zero attached hydrogens (tertiary/aromatic N) is 2. The second-order valence-corrected chi connectivity index (χ2v) is 4.74. The predicted molar refractivity (Wildman–Crippen MR) is 68.5 cm³/mol. The zero-order valence-corrected chi connectivity index (χ0v) is 11.2. The van der Waals surface area contributed by atoms with Crippen LogP contribution in [0.15, 0.2) is 17.4 Å². The van der Waals surface area contributed by atoms with Crippen LogP contribution in [0.1, 0.15) is 20.8 Å². The minimum atomic E-state index is -0.518. The highest BCUT2D eigenvalue weighted by molar-refractivity contribution is 5.67. The van der Waals surface area contributed by atoms with E-state index in [0.29, 0.717) is 6.54 Å². The van der Waals surface area contributed by atoms with Crippen molar-refractivity contribution in [3.8, 4) is 11.8 Å². The molecule has 0 aliphatic carbocycles. The molecule has 0 atom stereocenters. The number of carbonyl (C=O) groups excluding carboxylic acids is 1. The van der Waals surface area contributed by atoms with Crippen LogP contribution in [-0.4, -0.2) is 23.3 Å². The third-order valence-corrected chi connectivity index (χ3v) is 1.86. The van der Waals surface area contributed by atoms with Gasteiger partial charge in [-0.1, -0.05) is 5.92 Å². The molecule has 0 aromatic carbocycles. The van der Waals surface area contributed by atoms with Crippen molar-refractivity contribution in [2.24, 2.45) is 5.18 Å². The first-order valence-corrected chi connectivity index (χ1v) is 5.75. The quantitative estimate of drug-likeness (QED) is 0.489. The summed E-state index contributed by atoms with van der Waals surface area (Å²) in [6.07, 6.45) is 1.16. The van der Waals surface area contributed by atoms with E-state index < -0.39 is 11.7 Å². The minimum Gasteiger partial charge on any atom is -0.444 e. The average molecular weight is 265 g/mol. The molecule has 0 fully saturated rings. The van der Waals surface area contributed by atoms with E-state index >= 15 is 0 Å². The van der Waals surface area contributed by atoms with Gasteiger partial charge in [0.15, 0.2) is 6.20 Å². The van der Waals surface area contributed by atoms with Crippen molar-refractivity contribution >= 4 is 11.9 Å².